The van der Waals surface area contributed by atoms with E-state index in [1.54, 1.807) is 20.8 Å². The fourth-order valence-electron chi connectivity index (χ4n) is 4.65. The summed E-state index contributed by atoms with van der Waals surface area (Å²) in [4.78, 5) is 38.8. The number of hydrogen-bond acceptors (Lipinski definition) is 4. The number of benzene rings is 1. The van der Waals surface area contributed by atoms with Gasteiger partial charge in [0.2, 0.25) is 0 Å². The van der Waals surface area contributed by atoms with Gasteiger partial charge in [0.15, 0.2) is 11.5 Å². The molecule has 1 aliphatic carbocycles. The molecule has 0 aliphatic heterocycles. The molecule has 1 heterocycles. The van der Waals surface area contributed by atoms with Crippen molar-refractivity contribution in [2.75, 3.05) is 13.1 Å². The molecule has 1 amide bonds. The standard InChI is InChI=1S/C25H27Cl2F4N3O4/c1-24(2,3)12-33(11-19(35)20-17(26)8-14(28)9-18(20)27)22(36)16-10-32-34(21(16)25(29,30)31)15-6-4-13(5-7-15)23(37)38/h8-10,13,15H,4-7,11-12H2,1-3H3,(H,37,38). The Morgan fingerprint density at radius 2 is 1.63 bits per heavy atom. The van der Waals surface area contributed by atoms with Crippen molar-refractivity contribution in [3.05, 3.63) is 51.0 Å². The monoisotopic (exact) mass is 579 g/mol. The zero-order valence-corrected chi connectivity index (χ0v) is 22.4. The molecular weight excluding hydrogens is 553 g/mol. The number of carbonyl (C=O) groups excluding carboxylic acids is 2. The highest BCUT2D eigenvalue weighted by Crippen LogP contribution is 2.39. The summed E-state index contributed by atoms with van der Waals surface area (Å²) in [6.07, 6.45) is -3.45. The van der Waals surface area contributed by atoms with Crippen molar-refractivity contribution >= 4 is 40.9 Å². The molecule has 3 rings (SSSR count). The number of amides is 1. The van der Waals surface area contributed by atoms with Crippen molar-refractivity contribution < 1.29 is 37.1 Å². The smallest absolute Gasteiger partial charge is 0.433 e. The topological polar surface area (TPSA) is 92.5 Å². The van der Waals surface area contributed by atoms with Crippen LogP contribution in [0.4, 0.5) is 17.6 Å². The lowest BCUT2D eigenvalue weighted by Gasteiger charge is -2.30. The van der Waals surface area contributed by atoms with Gasteiger partial charge in [-0.25, -0.2) is 4.39 Å². The van der Waals surface area contributed by atoms with E-state index in [0.29, 0.717) is 0 Å². The molecule has 1 N–H and O–H groups in total. The molecule has 1 saturated carbocycles. The summed E-state index contributed by atoms with van der Waals surface area (Å²) in [5.74, 6) is -4.26. The Labute approximate surface area is 226 Å². The number of carboxylic acids is 1. The van der Waals surface area contributed by atoms with Gasteiger partial charge in [-0.05, 0) is 43.2 Å². The Morgan fingerprint density at radius 1 is 1.08 bits per heavy atom. The van der Waals surface area contributed by atoms with Gasteiger partial charge in [-0.1, -0.05) is 44.0 Å². The lowest BCUT2D eigenvalue weighted by molar-refractivity contribution is -0.147. The molecule has 2 aromatic rings. The van der Waals surface area contributed by atoms with Crippen molar-refractivity contribution in [2.45, 2.75) is 58.7 Å². The number of halogens is 6. The first kappa shape index (κ1) is 29.9. The molecule has 13 heteroatoms. The van der Waals surface area contributed by atoms with Gasteiger partial charge in [-0.15, -0.1) is 0 Å². The molecule has 38 heavy (non-hydrogen) atoms. The van der Waals surface area contributed by atoms with Gasteiger partial charge in [0.05, 0.1) is 45.9 Å². The van der Waals surface area contributed by atoms with E-state index in [9.17, 15) is 37.1 Å². The van der Waals surface area contributed by atoms with Gasteiger partial charge < -0.3 is 10.0 Å². The molecule has 0 bridgehead atoms. The van der Waals surface area contributed by atoms with Crippen LogP contribution in [0.1, 0.15) is 78.9 Å². The third kappa shape index (κ3) is 6.85. The average molecular weight is 580 g/mol. The van der Waals surface area contributed by atoms with Gasteiger partial charge in [-0.3, -0.25) is 19.1 Å². The van der Waals surface area contributed by atoms with Gasteiger partial charge in [0.1, 0.15) is 5.82 Å². The van der Waals surface area contributed by atoms with Crippen molar-refractivity contribution in [2.24, 2.45) is 11.3 Å². The van der Waals surface area contributed by atoms with Crippen LogP contribution in [0.2, 0.25) is 10.0 Å². The van der Waals surface area contributed by atoms with E-state index in [2.05, 4.69) is 5.10 Å². The third-order valence-electron chi connectivity index (χ3n) is 6.26. The number of carboxylic acid groups (broad SMARTS) is 1. The number of Topliss-reactive ketones (excluding diaryl/α,β-unsaturated/α-hetero) is 1. The molecule has 7 nitrogen and oxygen atoms in total. The number of rotatable bonds is 7. The number of ketones is 1. The van der Waals surface area contributed by atoms with Crippen LogP contribution in [0, 0.1) is 17.2 Å². The molecule has 1 aliphatic rings. The summed E-state index contributed by atoms with van der Waals surface area (Å²) >= 11 is 12.0. The molecular formula is C25H27Cl2F4N3O4. The number of aliphatic carboxylic acids is 1. The second kappa shape index (κ2) is 11.2. The van der Waals surface area contributed by atoms with Crippen LogP contribution in [-0.4, -0.2) is 50.5 Å². The normalized spacial score (nSPS) is 18.3. The number of nitrogens with zero attached hydrogens (tertiary/aromatic N) is 3. The minimum Gasteiger partial charge on any atom is -0.481 e. The number of alkyl halides is 3. The van der Waals surface area contributed by atoms with Crippen LogP contribution in [-0.2, 0) is 11.0 Å². The molecule has 0 unspecified atom stereocenters. The van der Waals surface area contributed by atoms with Crippen LogP contribution in [0.5, 0.6) is 0 Å². The van der Waals surface area contributed by atoms with Crippen molar-refractivity contribution in [3.8, 4) is 0 Å². The molecule has 0 saturated heterocycles. The van der Waals surface area contributed by atoms with E-state index in [4.69, 9.17) is 23.2 Å². The van der Waals surface area contributed by atoms with E-state index in [1.165, 1.54) is 0 Å². The lowest BCUT2D eigenvalue weighted by atomic mass is 9.86. The largest absolute Gasteiger partial charge is 0.481 e. The molecule has 0 radical (unpaired) electrons. The van der Waals surface area contributed by atoms with E-state index < -0.39 is 64.8 Å². The Bertz CT molecular complexity index is 1210. The fourth-order valence-corrected chi connectivity index (χ4v) is 5.32. The molecule has 1 fully saturated rings. The second-order valence-electron chi connectivity index (χ2n) is 10.6. The Morgan fingerprint density at radius 3 is 2.11 bits per heavy atom. The van der Waals surface area contributed by atoms with Crippen LogP contribution < -0.4 is 0 Å². The van der Waals surface area contributed by atoms with Gasteiger partial charge in [0.25, 0.3) is 5.91 Å². The fraction of sp³-hybridized carbons (Fsp3) is 0.520. The zero-order chi connectivity index (χ0) is 28.6. The van der Waals surface area contributed by atoms with Crippen molar-refractivity contribution in [1.82, 2.24) is 14.7 Å². The Balaban J connectivity index is 1.98. The average Bonchev–Trinajstić information content (AvgIpc) is 3.22. The maximum absolute atomic E-state index is 14.3. The maximum Gasteiger partial charge on any atom is 0.433 e. The van der Waals surface area contributed by atoms with Crippen LogP contribution in [0.15, 0.2) is 18.3 Å². The van der Waals surface area contributed by atoms with E-state index >= 15 is 0 Å². The second-order valence-corrected chi connectivity index (χ2v) is 11.4. The molecule has 1 aromatic carbocycles. The molecule has 1 aromatic heterocycles. The minimum atomic E-state index is -4.95. The third-order valence-corrected chi connectivity index (χ3v) is 6.85. The summed E-state index contributed by atoms with van der Waals surface area (Å²) in [7, 11) is 0. The maximum atomic E-state index is 14.3. The van der Waals surface area contributed by atoms with Crippen LogP contribution in [0.25, 0.3) is 0 Å². The zero-order valence-electron chi connectivity index (χ0n) is 20.9. The number of aromatic nitrogens is 2. The Kier molecular flexibility index (Phi) is 8.82. The summed E-state index contributed by atoms with van der Waals surface area (Å²) in [6, 6.07) is 1.02. The summed E-state index contributed by atoms with van der Waals surface area (Å²) < 4.78 is 57.2. The van der Waals surface area contributed by atoms with E-state index in [-0.39, 0.29) is 47.8 Å². The van der Waals surface area contributed by atoms with Crippen molar-refractivity contribution in [1.29, 1.82) is 0 Å². The molecule has 0 spiro atoms. The minimum absolute atomic E-state index is 0.0970. The predicted molar refractivity (Wildman–Crippen MR) is 132 cm³/mol. The highest BCUT2D eigenvalue weighted by atomic mass is 35.5. The van der Waals surface area contributed by atoms with Crippen LogP contribution in [0.3, 0.4) is 0 Å². The first-order valence-corrected chi connectivity index (χ1v) is 12.6. The van der Waals surface area contributed by atoms with E-state index in [1.807, 2.05) is 0 Å². The van der Waals surface area contributed by atoms with Gasteiger partial charge >= 0.3 is 12.1 Å². The summed E-state index contributed by atoms with van der Waals surface area (Å²) in [6.45, 7) is 4.47. The summed E-state index contributed by atoms with van der Waals surface area (Å²) in [5, 5.41) is 12.5. The highest BCUT2D eigenvalue weighted by molar-refractivity contribution is 6.40. The number of hydrogen-bond donors (Lipinski definition) is 1. The van der Waals surface area contributed by atoms with Crippen LogP contribution >= 0.6 is 23.2 Å². The van der Waals surface area contributed by atoms with Gasteiger partial charge in [0, 0.05) is 6.54 Å². The van der Waals surface area contributed by atoms with Gasteiger partial charge in [-0.2, -0.15) is 18.3 Å². The number of carbonyl (C=O) groups is 3. The Hall–Kier alpha value is -2.66. The molecule has 208 valence electrons. The van der Waals surface area contributed by atoms with Crippen molar-refractivity contribution in [3.63, 3.8) is 0 Å². The highest BCUT2D eigenvalue weighted by Gasteiger charge is 2.43. The SMILES string of the molecule is CC(C)(C)CN(CC(=O)c1c(Cl)cc(F)cc1Cl)C(=O)c1cnn(C2CCC(C(=O)O)CC2)c1C(F)(F)F. The summed E-state index contributed by atoms with van der Waals surface area (Å²) in [5.41, 5.74) is -2.85. The first-order valence-electron chi connectivity index (χ1n) is 11.8. The first-order chi connectivity index (χ1) is 17.5. The van der Waals surface area contributed by atoms with E-state index in [0.717, 1.165) is 27.9 Å². The quantitative estimate of drug-likeness (QED) is 0.297. The lowest BCUT2D eigenvalue weighted by Crippen LogP contribution is -2.42. The molecule has 0 atom stereocenters. The predicted octanol–water partition coefficient (Wildman–Crippen LogP) is 6.53.